The molecule has 0 aliphatic rings. The highest BCUT2D eigenvalue weighted by atomic mass is 19.1. The molecule has 4 heteroatoms. The smallest absolute Gasteiger partial charge is 0.214 e. The molecule has 106 valence electrons. The molecule has 0 aliphatic carbocycles. The van der Waals surface area contributed by atoms with E-state index in [1.54, 1.807) is 17.7 Å². The molecule has 0 saturated heterocycles. The molecule has 1 heterocycles. The zero-order chi connectivity index (χ0) is 14.9. The maximum Gasteiger partial charge on any atom is 0.214 e. The van der Waals surface area contributed by atoms with Gasteiger partial charge >= 0.3 is 0 Å². The van der Waals surface area contributed by atoms with Crippen molar-refractivity contribution in [1.82, 2.24) is 9.78 Å². The van der Waals surface area contributed by atoms with Gasteiger partial charge in [-0.25, -0.2) is 4.39 Å². The second-order valence-electron chi connectivity index (χ2n) is 4.96. The monoisotopic (exact) mass is 274 g/mol. The lowest BCUT2D eigenvalue weighted by Gasteiger charge is -2.09. The molecule has 20 heavy (non-hydrogen) atoms. The summed E-state index contributed by atoms with van der Waals surface area (Å²) in [4.78, 5) is 12.6. The lowest BCUT2D eigenvalue weighted by Crippen LogP contribution is -2.13. The Balaban J connectivity index is 2.54. The van der Waals surface area contributed by atoms with E-state index in [4.69, 9.17) is 0 Å². The number of carbonyl (C=O) groups excluding carboxylic acids is 1. The summed E-state index contributed by atoms with van der Waals surface area (Å²) in [6.45, 7) is 8.07. The van der Waals surface area contributed by atoms with Crippen LogP contribution in [0.2, 0.25) is 0 Å². The van der Waals surface area contributed by atoms with Crippen LogP contribution in [0.3, 0.4) is 0 Å². The minimum Gasteiger partial charge on any atom is -0.287 e. The van der Waals surface area contributed by atoms with Gasteiger partial charge in [0, 0.05) is 6.54 Å². The molecule has 0 bridgehead atoms. The van der Waals surface area contributed by atoms with E-state index < -0.39 is 5.82 Å². The number of aryl methyl sites for hydroxylation is 4. The second kappa shape index (κ2) is 5.57. The van der Waals surface area contributed by atoms with Crippen LogP contribution in [0.15, 0.2) is 18.2 Å². The molecule has 0 atom stereocenters. The van der Waals surface area contributed by atoms with E-state index in [0.29, 0.717) is 17.8 Å². The van der Waals surface area contributed by atoms with Gasteiger partial charge in [-0.1, -0.05) is 13.0 Å². The third-order valence-corrected chi connectivity index (χ3v) is 3.38. The molecule has 0 spiro atoms. The number of hydrogen-bond acceptors (Lipinski definition) is 2. The summed E-state index contributed by atoms with van der Waals surface area (Å²) in [6.07, 6.45) is 0.753. The first kappa shape index (κ1) is 14.4. The summed E-state index contributed by atoms with van der Waals surface area (Å²) in [5.74, 6) is -0.761. The highest BCUT2D eigenvalue weighted by Gasteiger charge is 2.21. The zero-order valence-corrected chi connectivity index (χ0v) is 12.3. The number of ketones is 1. The molecular weight excluding hydrogens is 255 g/mol. The molecular formula is C16H19FN2O. The number of aromatic nitrogens is 2. The van der Waals surface area contributed by atoms with Gasteiger partial charge in [0.1, 0.15) is 11.5 Å². The van der Waals surface area contributed by atoms with Crippen molar-refractivity contribution in [1.29, 1.82) is 0 Å². The average molecular weight is 274 g/mol. The van der Waals surface area contributed by atoms with Crippen LogP contribution in [0.5, 0.6) is 0 Å². The Bertz CT molecular complexity index is 635. The first-order chi connectivity index (χ1) is 9.47. The Morgan fingerprint density at radius 1 is 1.25 bits per heavy atom. The predicted octanol–water partition coefficient (Wildman–Crippen LogP) is 3.45. The Labute approximate surface area is 118 Å². The molecule has 2 rings (SSSR count). The van der Waals surface area contributed by atoms with Gasteiger partial charge in [0.05, 0.1) is 11.3 Å². The van der Waals surface area contributed by atoms with Gasteiger partial charge in [-0.05, 0) is 50.5 Å². The summed E-state index contributed by atoms with van der Waals surface area (Å²) in [5, 5.41) is 4.34. The summed E-state index contributed by atoms with van der Waals surface area (Å²) in [6, 6.07) is 4.97. The van der Waals surface area contributed by atoms with Crippen LogP contribution in [0.4, 0.5) is 4.39 Å². The van der Waals surface area contributed by atoms with E-state index in [9.17, 15) is 9.18 Å². The van der Waals surface area contributed by atoms with Crippen molar-refractivity contribution < 1.29 is 9.18 Å². The molecule has 3 nitrogen and oxygen atoms in total. The number of hydrogen-bond donors (Lipinski definition) is 0. The molecule has 0 amide bonds. The molecule has 0 unspecified atom stereocenters. The van der Waals surface area contributed by atoms with Crippen LogP contribution in [0, 0.1) is 19.7 Å². The molecule has 0 radical (unpaired) electrons. The van der Waals surface area contributed by atoms with E-state index in [0.717, 1.165) is 17.7 Å². The van der Waals surface area contributed by atoms with Gasteiger partial charge in [0.25, 0.3) is 0 Å². The van der Waals surface area contributed by atoms with Crippen LogP contribution in [0.25, 0.3) is 0 Å². The Morgan fingerprint density at radius 2 is 1.95 bits per heavy atom. The zero-order valence-electron chi connectivity index (χ0n) is 12.3. The minimum absolute atomic E-state index is 0.146. The lowest BCUT2D eigenvalue weighted by atomic mass is 9.99. The van der Waals surface area contributed by atoms with E-state index >= 15 is 0 Å². The SMILES string of the molecule is CCc1cc(C(=O)c2c(C)cc(C)cc2F)n(CC)n1. The number of carbonyl (C=O) groups is 1. The maximum atomic E-state index is 14.1. The van der Waals surface area contributed by atoms with Crippen molar-refractivity contribution in [2.45, 2.75) is 40.7 Å². The second-order valence-corrected chi connectivity index (χ2v) is 4.96. The van der Waals surface area contributed by atoms with E-state index in [1.165, 1.54) is 6.07 Å². The molecule has 0 aliphatic heterocycles. The van der Waals surface area contributed by atoms with Crippen molar-refractivity contribution in [3.05, 3.63) is 52.1 Å². The summed E-state index contributed by atoms with van der Waals surface area (Å²) >= 11 is 0. The van der Waals surface area contributed by atoms with Crippen molar-refractivity contribution in [3.63, 3.8) is 0 Å². The van der Waals surface area contributed by atoms with Crippen LogP contribution in [-0.4, -0.2) is 15.6 Å². The fourth-order valence-electron chi connectivity index (χ4n) is 2.40. The first-order valence-corrected chi connectivity index (χ1v) is 6.86. The van der Waals surface area contributed by atoms with Crippen LogP contribution in [-0.2, 0) is 13.0 Å². The van der Waals surface area contributed by atoms with Gasteiger partial charge in [-0.2, -0.15) is 5.10 Å². The quantitative estimate of drug-likeness (QED) is 0.800. The van der Waals surface area contributed by atoms with E-state index in [1.807, 2.05) is 26.8 Å². The van der Waals surface area contributed by atoms with Crippen LogP contribution < -0.4 is 0 Å². The van der Waals surface area contributed by atoms with E-state index in [2.05, 4.69) is 5.10 Å². The van der Waals surface area contributed by atoms with Crippen molar-refractivity contribution in [2.75, 3.05) is 0 Å². The topological polar surface area (TPSA) is 34.9 Å². The van der Waals surface area contributed by atoms with Gasteiger partial charge in [-0.15, -0.1) is 0 Å². The summed E-state index contributed by atoms with van der Waals surface area (Å²) < 4.78 is 15.8. The molecule has 0 saturated carbocycles. The van der Waals surface area contributed by atoms with Crippen LogP contribution >= 0.6 is 0 Å². The molecule has 1 aromatic heterocycles. The Kier molecular flexibility index (Phi) is 4.02. The molecule has 1 aromatic carbocycles. The van der Waals surface area contributed by atoms with Crippen LogP contribution in [0.1, 0.15) is 46.7 Å². The Hall–Kier alpha value is -1.97. The molecule has 0 fully saturated rings. The maximum absolute atomic E-state index is 14.1. The normalized spacial score (nSPS) is 10.8. The number of benzene rings is 1. The summed E-state index contributed by atoms with van der Waals surface area (Å²) in [5.41, 5.74) is 2.92. The fourth-order valence-corrected chi connectivity index (χ4v) is 2.40. The first-order valence-electron chi connectivity index (χ1n) is 6.86. The average Bonchev–Trinajstić information content (AvgIpc) is 2.80. The van der Waals surface area contributed by atoms with Crippen molar-refractivity contribution in [2.24, 2.45) is 0 Å². The third kappa shape index (κ3) is 2.50. The predicted molar refractivity (Wildman–Crippen MR) is 76.6 cm³/mol. The number of rotatable bonds is 4. The highest BCUT2D eigenvalue weighted by molar-refractivity contribution is 6.09. The molecule has 0 N–H and O–H groups in total. The highest BCUT2D eigenvalue weighted by Crippen LogP contribution is 2.20. The third-order valence-electron chi connectivity index (χ3n) is 3.38. The number of nitrogens with zero attached hydrogens (tertiary/aromatic N) is 2. The Morgan fingerprint density at radius 3 is 2.50 bits per heavy atom. The van der Waals surface area contributed by atoms with Crippen molar-refractivity contribution >= 4 is 5.78 Å². The minimum atomic E-state index is -0.464. The molecule has 2 aromatic rings. The largest absolute Gasteiger partial charge is 0.287 e. The van der Waals surface area contributed by atoms with Gasteiger partial charge < -0.3 is 0 Å². The van der Waals surface area contributed by atoms with Gasteiger partial charge in [0.2, 0.25) is 5.78 Å². The van der Waals surface area contributed by atoms with Crippen molar-refractivity contribution in [3.8, 4) is 0 Å². The standard InChI is InChI=1S/C16H19FN2O/c1-5-12-9-14(19(6-2)18-12)16(20)15-11(4)7-10(3)8-13(15)17/h7-9H,5-6H2,1-4H3. The number of halogens is 1. The van der Waals surface area contributed by atoms with Gasteiger partial charge in [0.15, 0.2) is 0 Å². The fraction of sp³-hybridized carbons (Fsp3) is 0.375. The lowest BCUT2D eigenvalue weighted by molar-refractivity contribution is 0.102. The summed E-state index contributed by atoms with van der Waals surface area (Å²) in [7, 11) is 0. The van der Waals surface area contributed by atoms with E-state index in [-0.39, 0.29) is 11.3 Å². The van der Waals surface area contributed by atoms with Gasteiger partial charge in [-0.3, -0.25) is 9.48 Å².